The van der Waals surface area contributed by atoms with Gasteiger partial charge in [0.25, 0.3) is 0 Å². The summed E-state index contributed by atoms with van der Waals surface area (Å²) in [5.74, 6) is 1.99. The molecule has 15 heavy (non-hydrogen) atoms. The lowest BCUT2D eigenvalue weighted by Gasteiger charge is -2.05. The highest BCUT2D eigenvalue weighted by Crippen LogP contribution is 2.37. The van der Waals surface area contributed by atoms with Crippen LogP contribution in [0.3, 0.4) is 0 Å². The van der Waals surface area contributed by atoms with Crippen molar-refractivity contribution >= 4 is 5.91 Å². The highest BCUT2D eigenvalue weighted by Gasteiger charge is 2.38. The van der Waals surface area contributed by atoms with Crippen LogP contribution in [0.15, 0.2) is 0 Å². The molecule has 1 amide bonds. The predicted octanol–water partition coefficient (Wildman–Crippen LogP) is 1.58. The third-order valence-electron chi connectivity index (χ3n) is 3.26. The Morgan fingerprint density at radius 2 is 2.20 bits per heavy atom. The molecule has 86 valence electrons. The van der Waals surface area contributed by atoms with Gasteiger partial charge in [-0.2, -0.15) is 0 Å². The zero-order valence-electron chi connectivity index (χ0n) is 9.50. The molecule has 0 heterocycles. The van der Waals surface area contributed by atoms with Gasteiger partial charge in [0, 0.05) is 25.7 Å². The topological polar surface area (TPSA) is 38.3 Å². The van der Waals surface area contributed by atoms with Gasteiger partial charge in [-0.3, -0.25) is 4.79 Å². The Kier molecular flexibility index (Phi) is 3.62. The largest absolute Gasteiger partial charge is 0.381 e. The molecule has 2 fully saturated rings. The molecule has 2 aliphatic rings. The molecule has 0 aromatic rings. The van der Waals surface area contributed by atoms with Crippen molar-refractivity contribution in [3.63, 3.8) is 0 Å². The first-order valence-corrected chi connectivity index (χ1v) is 6.13. The molecule has 0 saturated heterocycles. The van der Waals surface area contributed by atoms with E-state index < -0.39 is 0 Å². The van der Waals surface area contributed by atoms with Crippen LogP contribution in [0.1, 0.15) is 32.6 Å². The summed E-state index contributed by atoms with van der Waals surface area (Å²) in [5.41, 5.74) is 0. The second-order valence-corrected chi connectivity index (χ2v) is 4.98. The lowest BCUT2D eigenvalue weighted by Crippen LogP contribution is -2.27. The van der Waals surface area contributed by atoms with Crippen molar-refractivity contribution in [2.45, 2.75) is 32.6 Å². The maximum absolute atomic E-state index is 11.4. The Bertz CT molecular complexity index is 226. The quantitative estimate of drug-likeness (QED) is 0.649. The zero-order chi connectivity index (χ0) is 10.7. The lowest BCUT2D eigenvalue weighted by atomic mass is 10.3. The molecule has 0 unspecified atom stereocenters. The Balaban J connectivity index is 1.39. The van der Waals surface area contributed by atoms with E-state index in [4.69, 9.17) is 4.74 Å². The average molecular weight is 211 g/mol. The van der Waals surface area contributed by atoms with Gasteiger partial charge < -0.3 is 10.1 Å². The van der Waals surface area contributed by atoms with Gasteiger partial charge in [-0.25, -0.2) is 0 Å². The SMILES string of the molecule is C[C@@H]1C[C@H]1C(=O)NCCCOCC1CC1. The van der Waals surface area contributed by atoms with Crippen molar-refractivity contribution in [3.05, 3.63) is 0 Å². The first kappa shape index (κ1) is 10.9. The van der Waals surface area contributed by atoms with Crippen molar-refractivity contribution in [3.8, 4) is 0 Å². The third-order valence-corrected chi connectivity index (χ3v) is 3.26. The second kappa shape index (κ2) is 4.97. The zero-order valence-corrected chi connectivity index (χ0v) is 9.50. The van der Waals surface area contributed by atoms with Crippen molar-refractivity contribution < 1.29 is 9.53 Å². The summed E-state index contributed by atoms with van der Waals surface area (Å²) < 4.78 is 5.49. The minimum absolute atomic E-state index is 0.240. The Morgan fingerprint density at radius 3 is 2.80 bits per heavy atom. The molecule has 0 bridgehead atoms. The van der Waals surface area contributed by atoms with Gasteiger partial charge in [-0.05, 0) is 37.5 Å². The first-order valence-electron chi connectivity index (χ1n) is 6.13. The highest BCUT2D eigenvalue weighted by molar-refractivity contribution is 5.81. The number of hydrogen-bond acceptors (Lipinski definition) is 2. The standard InChI is InChI=1S/C12H21NO2/c1-9-7-11(9)12(14)13-5-2-6-15-8-10-3-4-10/h9-11H,2-8H2,1H3,(H,13,14)/t9-,11-/m1/s1. The van der Waals surface area contributed by atoms with Gasteiger partial charge in [0.15, 0.2) is 0 Å². The first-order chi connectivity index (χ1) is 7.27. The van der Waals surface area contributed by atoms with Gasteiger partial charge in [0.1, 0.15) is 0 Å². The molecule has 2 aliphatic carbocycles. The van der Waals surface area contributed by atoms with Crippen LogP contribution in [0.25, 0.3) is 0 Å². The number of amides is 1. The molecule has 3 nitrogen and oxygen atoms in total. The highest BCUT2D eigenvalue weighted by atomic mass is 16.5. The molecule has 0 aliphatic heterocycles. The van der Waals surface area contributed by atoms with Gasteiger partial charge in [-0.1, -0.05) is 6.92 Å². The van der Waals surface area contributed by atoms with E-state index in [1.165, 1.54) is 12.8 Å². The van der Waals surface area contributed by atoms with E-state index in [1.54, 1.807) is 0 Å². The second-order valence-electron chi connectivity index (χ2n) is 4.98. The van der Waals surface area contributed by atoms with Crippen molar-refractivity contribution in [2.75, 3.05) is 19.8 Å². The number of ether oxygens (including phenoxy) is 1. The lowest BCUT2D eigenvalue weighted by molar-refractivity contribution is -0.122. The number of carbonyl (C=O) groups excluding carboxylic acids is 1. The van der Waals surface area contributed by atoms with E-state index in [0.717, 1.165) is 38.5 Å². The normalized spacial score (nSPS) is 28.9. The summed E-state index contributed by atoms with van der Waals surface area (Å²) in [4.78, 5) is 11.4. The van der Waals surface area contributed by atoms with Crippen LogP contribution in [-0.2, 0) is 9.53 Å². The van der Waals surface area contributed by atoms with Crippen LogP contribution in [0.2, 0.25) is 0 Å². The Morgan fingerprint density at radius 1 is 1.47 bits per heavy atom. The van der Waals surface area contributed by atoms with Crippen LogP contribution < -0.4 is 5.32 Å². The minimum atomic E-state index is 0.240. The number of nitrogens with one attached hydrogen (secondary N) is 1. The molecule has 1 N–H and O–H groups in total. The van der Waals surface area contributed by atoms with Gasteiger partial charge in [0.2, 0.25) is 5.91 Å². The third kappa shape index (κ3) is 3.82. The van der Waals surface area contributed by atoms with Crippen LogP contribution >= 0.6 is 0 Å². The summed E-state index contributed by atoms with van der Waals surface area (Å²) >= 11 is 0. The molecule has 0 spiro atoms. The van der Waals surface area contributed by atoms with Crippen LogP contribution in [-0.4, -0.2) is 25.7 Å². The smallest absolute Gasteiger partial charge is 0.223 e. The van der Waals surface area contributed by atoms with Crippen molar-refractivity contribution in [2.24, 2.45) is 17.8 Å². The molecule has 2 saturated carbocycles. The molecule has 2 rings (SSSR count). The maximum atomic E-state index is 11.4. The van der Waals surface area contributed by atoms with E-state index in [1.807, 2.05) is 0 Å². The predicted molar refractivity (Wildman–Crippen MR) is 58.4 cm³/mol. The molecule has 0 aromatic carbocycles. The van der Waals surface area contributed by atoms with Gasteiger partial charge in [0.05, 0.1) is 0 Å². The van der Waals surface area contributed by atoms with Crippen molar-refractivity contribution in [1.29, 1.82) is 0 Å². The molecular weight excluding hydrogens is 190 g/mol. The fourth-order valence-electron chi connectivity index (χ4n) is 1.74. The summed E-state index contributed by atoms with van der Waals surface area (Å²) in [7, 11) is 0. The van der Waals surface area contributed by atoms with Crippen molar-refractivity contribution in [1.82, 2.24) is 5.32 Å². The summed E-state index contributed by atoms with van der Waals surface area (Å²) in [6, 6.07) is 0. The number of carbonyl (C=O) groups is 1. The average Bonchev–Trinajstić information content (AvgIpc) is 3.07. The van der Waals surface area contributed by atoms with E-state index in [0.29, 0.717) is 11.8 Å². The maximum Gasteiger partial charge on any atom is 0.223 e. The van der Waals surface area contributed by atoms with Crippen LogP contribution in [0.4, 0.5) is 0 Å². The molecule has 0 radical (unpaired) electrons. The molecule has 0 aromatic heterocycles. The molecule has 2 atom stereocenters. The molecule has 3 heteroatoms. The minimum Gasteiger partial charge on any atom is -0.381 e. The summed E-state index contributed by atoms with van der Waals surface area (Å²) in [6.45, 7) is 4.61. The molecular formula is C12H21NO2. The fourth-order valence-corrected chi connectivity index (χ4v) is 1.74. The van der Waals surface area contributed by atoms with Crippen LogP contribution in [0, 0.1) is 17.8 Å². The van der Waals surface area contributed by atoms with Gasteiger partial charge >= 0.3 is 0 Å². The van der Waals surface area contributed by atoms with Crippen LogP contribution in [0.5, 0.6) is 0 Å². The summed E-state index contributed by atoms with van der Waals surface area (Å²) in [6.07, 6.45) is 4.70. The fraction of sp³-hybridized carbons (Fsp3) is 0.917. The Hall–Kier alpha value is -0.570. The van der Waals surface area contributed by atoms with E-state index in [2.05, 4.69) is 12.2 Å². The van der Waals surface area contributed by atoms with E-state index >= 15 is 0 Å². The Labute approximate surface area is 91.6 Å². The number of hydrogen-bond donors (Lipinski definition) is 1. The van der Waals surface area contributed by atoms with Gasteiger partial charge in [-0.15, -0.1) is 0 Å². The number of rotatable bonds is 7. The van der Waals surface area contributed by atoms with E-state index in [-0.39, 0.29) is 5.91 Å². The summed E-state index contributed by atoms with van der Waals surface area (Å²) in [5, 5.41) is 2.96. The van der Waals surface area contributed by atoms with E-state index in [9.17, 15) is 4.79 Å². The monoisotopic (exact) mass is 211 g/mol.